The lowest BCUT2D eigenvalue weighted by Crippen LogP contribution is -2.21. The van der Waals surface area contributed by atoms with Crippen LogP contribution in [0.5, 0.6) is 5.75 Å². The third kappa shape index (κ3) is 1.88. The Labute approximate surface area is 126 Å². The van der Waals surface area contributed by atoms with Crippen molar-refractivity contribution in [2.24, 2.45) is 5.73 Å². The molecule has 3 N–H and O–H groups in total. The van der Waals surface area contributed by atoms with E-state index in [4.69, 9.17) is 5.73 Å². The average Bonchev–Trinajstić information content (AvgIpc) is 2.81. The van der Waals surface area contributed by atoms with Crippen molar-refractivity contribution < 1.29 is 14.7 Å². The Morgan fingerprint density at radius 3 is 2.55 bits per heavy atom. The number of aromatic hydroxyl groups is 1. The molecule has 3 aromatic rings. The van der Waals surface area contributed by atoms with Gasteiger partial charge >= 0.3 is 0 Å². The van der Waals surface area contributed by atoms with Crippen LogP contribution in [0.3, 0.4) is 0 Å². The lowest BCUT2D eigenvalue weighted by atomic mass is 10.1. The zero-order valence-corrected chi connectivity index (χ0v) is 12.2. The second kappa shape index (κ2) is 4.77. The van der Waals surface area contributed by atoms with E-state index in [9.17, 15) is 14.7 Å². The molecule has 0 saturated heterocycles. The van der Waals surface area contributed by atoms with Crippen LogP contribution in [0, 0.1) is 0 Å². The van der Waals surface area contributed by atoms with Crippen LogP contribution in [-0.4, -0.2) is 40.3 Å². The van der Waals surface area contributed by atoms with Gasteiger partial charge in [0.05, 0.1) is 22.0 Å². The number of pyridine rings is 1. The summed E-state index contributed by atoms with van der Waals surface area (Å²) in [5.74, 6) is -0.996. The molecule has 6 heteroatoms. The number of carbonyl (C=O) groups excluding carboxylic acids is 2. The molecule has 0 spiro atoms. The zero-order chi connectivity index (χ0) is 16.0. The fraction of sp³-hybridized carbons (Fsp3) is 0.125. The summed E-state index contributed by atoms with van der Waals surface area (Å²) >= 11 is 0. The lowest BCUT2D eigenvalue weighted by molar-refractivity contribution is 0.0827. The van der Waals surface area contributed by atoms with Crippen molar-refractivity contribution in [2.75, 3.05) is 14.1 Å². The van der Waals surface area contributed by atoms with E-state index >= 15 is 0 Å². The molecule has 1 aromatic carbocycles. The molecule has 2 heterocycles. The Hall–Kier alpha value is -3.02. The van der Waals surface area contributed by atoms with Crippen LogP contribution in [0.4, 0.5) is 0 Å². The van der Waals surface area contributed by atoms with E-state index in [0.717, 1.165) is 0 Å². The number of carbonyl (C=O) groups is 2. The van der Waals surface area contributed by atoms with Crippen LogP contribution in [-0.2, 0) is 0 Å². The largest absolute Gasteiger partial charge is 0.507 e. The van der Waals surface area contributed by atoms with Gasteiger partial charge in [-0.15, -0.1) is 0 Å². The number of phenols is 1. The topological polar surface area (TPSA) is 88.0 Å². The molecule has 0 aliphatic heterocycles. The Bertz CT molecular complexity index is 925. The molecule has 0 unspecified atom stereocenters. The van der Waals surface area contributed by atoms with Gasteiger partial charge < -0.3 is 20.1 Å². The Balaban J connectivity index is 2.47. The molecular formula is C16H15N3O3. The van der Waals surface area contributed by atoms with Gasteiger partial charge in [0.2, 0.25) is 0 Å². The summed E-state index contributed by atoms with van der Waals surface area (Å²) in [6.45, 7) is 0. The van der Waals surface area contributed by atoms with E-state index in [1.165, 1.54) is 11.0 Å². The number of nitrogens with zero attached hydrogens (tertiary/aromatic N) is 2. The monoisotopic (exact) mass is 297 g/mol. The minimum Gasteiger partial charge on any atom is -0.507 e. The maximum Gasteiger partial charge on any atom is 0.253 e. The highest BCUT2D eigenvalue weighted by Gasteiger charge is 2.21. The Morgan fingerprint density at radius 2 is 1.91 bits per heavy atom. The second-order valence-corrected chi connectivity index (χ2v) is 5.28. The molecule has 0 aliphatic carbocycles. The molecule has 0 aliphatic rings. The van der Waals surface area contributed by atoms with E-state index in [1.807, 2.05) is 0 Å². The molecular weight excluding hydrogens is 282 g/mol. The first kappa shape index (κ1) is 13.9. The maximum absolute atomic E-state index is 12.1. The average molecular weight is 297 g/mol. The molecule has 0 fully saturated rings. The van der Waals surface area contributed by atoms with Crippen molar-refractivity contribution in [3.05, 3.63) is 47.7 Å². The number of benzene rings is 1. The Morgan fingerprint density at radius 1 is 1.18 bits per heavy atom. The Kier molecular flexibility index (Phi) is 3.02. The third-order valence-corrected chi connectivity index (χ3v) is 3.62. The summed E-state index contributed by atoms with van der Waals surface area (Å²) in [5.41, 5.74) is 7.21. The van der Waals surface area contributed by atoms with Gasteiger partial charge in [0, 0.05) is 25.9 Å². The van der Waals surface area contributed by atoms with Crippen LogP contribution < -0.4 is 5.73 Å². The summed E-state index contributed by atoms with van der Waals surface area (Å²) in [4.78, 5) is 25.3. The number of fused-ring (bicyclic) bond motifs is 3. The van der Waals surface area contributed by atoms with E-state index in [0.29, 0.717) is 22.0 Å². The quantitative estimate of drug-likeness (QED) is 0.753. The van der Waals surface area contributed by atoms with Crippen LogP contribution in [0.25, 0.3) is 16.4 Å². The maximum atomic E-state index is 12.1. The SMILES string of the molecule is CN(C)C(=O)c1cc(O)c2c(C(N)=O)c3ccccn3c2c1. The predicted molar refractivity (Wildman–Crippen MR) is 83.1 cm³/mol. The molecule has 2 aromatic heterocycles. The van der Waals surface area contributed by atoms with Crippen molar-refractivity contribution in [1.82, 2.24) is 9.30 Å². The molecule has 22 heavy (non-hydrogen) atoms. The van der Waals surface area contributed by atoms with Gasteiger partial charge in [-0.05, 0) is 24.3 Å². The zero-order valence-electron chi connectivity index (χ0n) is 12.2. The number of primary amides is 1. The van der Waals surface area contributed by atoms with Gasteiger partial charge in [0.25, 0.3) is 11.8 Å². The van der Waals surface area contributed by atoms with Gasteiger partial charge in [0.1, 0.15) is 5.75 Å². The fourth-order valence-electron chi connectivity index (χ4n) is 2.67. The minimum atomic E-state index is -0.624. The summed E-state index contributed by atoms with van der Waals surface area (Å²) < 4.78 is 1.74. The first-order valence-corrected chi connectivity index (χ1v) is 6.69. The number of aromatic nitrogens is 1. The minimum absolute atomic E-state index is 0.139. The number of phenolic OH excluding ortho intramolecular Hbond substituents is 1. The van der Waals surface area contributed by atoms with Crippen molar-refractivity contribution in [3.63, 3.8) is 0 Å². The molecule has 0 atom stereocenters. The van der Waals surface area contributed by atoms with Crippen LogP contribution >= 0.6 is 0 Å². The van der Waals surface area contributed by atoms with Gasteiger partial charge in [-0.3, -0.25) is 9.59 Å². The molecule has 3 rings (SSSR count). The van der Waals surface area contributed by atoms with Gasteiger partial charge in [-0.1, -0.05) is 6.07 Å². The standard InChI is InChI=1S/C16H15N3O3/c1-18(2)16(22)9-7-11-13(12(20)8-9)14(15(17)21)10-5-3-4-6-19(10)11/h3-8,20H,1-2H3,(H2,17,21). The number of nitrogens with two attached hydrogens (primary N) is 1. The predicted octanol–water partition coefficient (Wildman–Crippen LogP) is 1.60. The third-order valence-electron chi connectivity index (χ3n) is 3.62. The van der Waals surface area contributed by atoms with E-state index in [2.05, 4.69) is 0 Å². The van der Waals surface area contributed by atoms with Crippen LogP contribution in [0.15, 0.2) is 36.5 Å². The van der Waals surface area contributed by atoms with E-state index in [-0.39, 0.29) is 17.2 Å². The fourth-order valence-corrected chi connectivity index (χ4v) is 2.67. The highest BCUT2D eigenvalue weighted by atomic mass is 16.3. The van der Waals surface area contributed by atoms with Crippen LogP contribution in [0.2, 0.25) is 0 Å². The van der Waals surface area contributed by atoms with Crippen molar-refractivity contribution >= 4 is 28.2 Å². The van der Waals surface area contributed by atoms with Crippen LogP contribution in [0.1, 0.15) is 20.7 Å². The second-order valence-electron chi connectivity index (χ2n) is 5.28. The van der Waals surface area contributed by atoms with E-state index < -0.39 is 5.91 Å². The van der Waals surface area contributed by atoms with Crippen molar-refractivity contribution in [2.45, 2.75) is 0 Å². The molecule has 0 bridgehead atoms. The number of amides is 2. The molecule has 6 nitrogen and oxygen atoms in total. The highest BCUT2D eigenvalue weighted by molar-refractivity contribution is 6.16. The first-order chi connectivity index (χ1) is 10.4. The number of hydrogen-bond donors (Lipinski definition) is 2. The van der Waals surface area contributed by atoms with Crippen molar-refractivity contribution in [1.29, 1.82) is 0 Å². The number of hydrogen-bond acceptors (Lipinski definition) is 3. The summed E-state index contributed by atoms with van der Waals surface area (Å²) in [6, 6.07) is 8.33. The van der Waals surface area contributed by atoms with Gasteiger partial charge in [-0.25, -0.2) is 0 Å². The van der Waals surface area contributed by atoms with Gasteiger partial charge in [0.15, 0.2) is 0 Å². The van der Waals surface area contributed by atoms with Gasteiger partial charge in [-0.2, -0.15) is 0 Å². The highest BCUT2D eigenvalue weighted by Crippen LogP contribution is 2.34. The summed E-state index contributed by atoms with van der Waals surface area (Å²) in [6.07, 6.45) is 1.76. The first-order valence-electron chi connectivity index (χ1n) is 6.69. The van der Waals surface area contributed by atoms with E-state index in [1.54, 1.807) is 49.0 Å². The molecule has 2 amide bonds. The lowest BCUT2D eigenvalue weighted by Gasteiger charge is -2.11. The normalized spacial score (nSPS) is 11.0. The molecule has 112 valence electrons. The van der Waals surface area contributed by atoms with Crippen molar-refractivity contribution in [3.8, 4) is 5.75 Å². The summed E-state index contributed by atoms with van der Waals surface area (Å²) in [7, 11) is 3.27. The molecule has 0 radical (unpaired) electrons. The smallest absolute Gasteiger partial charge is 0.253 e. The number of rotatable bonds is 2. The summed E-state index contributed by atoms with van der Waals surface area (Å²) in [5, 5.41) is 10.7. The molecule has 0 saturated carbocycles.